The van der Waals surface area contributed by atoms with Gasteiger partial charge in [-0.1, -0.05) is 38.1 Å². The van der Waals surface area contributed by atoms with Crippen molar-refractivity contribution < 1.29 is 4.79 Å². The minimum absolute atomic E-state index is 0.0432. The zero-order chi connectivity index (χ0) is 14.3. The van der Waals surface area contributed by atoms with E-state index in [0.717, 1.165) is 12.5 Å². The fourth-order valence-corrected chi connectivity index (χ4v) is 3.04. The number of hydrogen-bond acceptors (Lipinski definition) is 2. The molecule has 0 radical (unpaired) electrons. The van der Waals surface area contributed by atoms with Gasteiger partial charge in [0.15, 0.2) is 0 Å². The maximum absolute atomic E-state index is 12.7. The van der Waals surface area contributed by atoms with E-state index in [1.807, 2.05) is 0 Å². The Labute approximate surface area is 121 Å². The molecule has 0 bridgehead atoms. The van der Waals surface area contributed by atoms with Crippen LogP contribution < -0.4 is 5.32 Å². The van der Waals surface area contributed by atoms with Gasteiger partial charge in [0.2, 0.25) is 5.91 Å². The SMILES string of the molecule is Cc1ccccc1C1NC(C(C)C)C(=O)N1CC1CC1. The van der Waals surface area contributed by atoms with Crippen LogP contribution in [-0.2, 0) is 4.79 Å². The van der Waals surface area contributed by atoms with Crippen LogP contribution >= 0.6 is 0 Å². The number of hydrogen-bond donors (Lipinski definition) is 1. The van der Waals surface area contributed by atoms with Crippen molar-refractivity contribution >= 4 is 5.91 Å². The Morgan fingerprint density at radius 3 is 2.60 bits per heavy atom. The Bertz CT molecular complexity index is 507. The summed E-state index contributed by atoms with van der Waals surface area (Å²) in [6.45, 7) is 7.27. The molecule has 1 heterocycles. The van der Waals surface area contributed by atoms with Crippen LogP contribution in [0.15, 0.2) is 24.3 Å². The second-order valence-corrected chi connectivity index (χ2v) is 6.58. The molecule has 20 heavy (non-hydrogen) atoms. The molecular formula is C17H24N2O. The summed E-state index contributed by atoms with van der Waals surface area (Å²) in [7, 11) is 0. The van der Waals surface area contributed by atoms with Gasteiger partial charge in [-0.05, 0) is 42.7 Å². The average Bonchev–Trinajstić information content (AvgIpc) is 3.16. The monoisotopic (exact) mass is 272 g/mol. The first-order valence-corrected chi connectivity index (χ1v) is 7.70. The topological polar surface area (TPSA) is 32.3 Å². The first kappa shape index (κ1) is 13.6. The molecule has 1 N–H and O–H groups in total. The number of benzene rings is 1. The molecule has 1 saturated heterocycles. The minimum Gasteiger partial charge on any atom is -0.321 e. The van der Waals surface area contributed by atoms with Crippen LogP contribution in [0.1, 0.15) is 44.0 Å². The first-order valence-electron chi connectivity index (χ1n) is 7.70. The normalized spacial score (nSPS) is 26.6. The molecule has 2 unspecified atom stereocenters. The molecule has 3 nitrogen and oxygen atoms in total. The Morgan fingerprint density at radius 2 is 2.00 bits per heavy atom. The molecular weight excluding hydrogens is 248 g/mol. The number of carbonyl (C=O) groups excluding carboxylic acids is 1. The summed E-state index contributed by atoms with van der Waals surface area (Å²) in [5.74, 6) is 1.33. The zero-order valence-corrected chi connectivity index (χ0v) is 12.6. The quantitative estimate of drug-likeness (QED) is 0.914. The van der Waals surface area contributed by atoms with Gasteiger partial charge in [-0.15, -0.1) is 0 Å². The lowest BCUT2D eigenvalue weighted by atomic mass is 10.0. The van der Waals surface area contributed by atoms with E-state index in [-0.39, 0.29) is 18.1 Å². The van der Waals surface area contributed by atoms with Gasteiger partial charge in [0.05, 0.1) is 6.04 Å². The van der Waals surface area contributed by atoms with Gasteiger partial charge in [0.25, 0.3) is 0 Å². The van der Waals surface area contributed by atoms with Crippen molar-refractivity contribution in [3.05, 3.63) is 35.4 Å². The van der Waals surface area contributed by atoms with E-state index >= 15 is 0 Å². The van der Waals surface area contributed by atoms with Crippen LogP contribution in [0.25, 0.3) is 0 Å². The van der Waals surface area contributed by atoms with E-state index in [1.54, 1.807) is 0 Å². The van der Waals surface area contributed by atoms with Crippen molar-refractivity contribution in [1.29, 1.82) is 0 Å². The van der Waals surface area contributed by atoms with Gasteiger partial charge in [0, 0.05) is 6.54 Å². The molecule has 2 fully saturated rings. The summed E-state index contributed by atoms with van der Waals surface area (Å²) < 4.78 is 0. The maximum Gasteiger partial charge on any atom is 0.241 e. The van der Waals surface area contributed by atoms with Crippen molar-refractivity contribution in [1.82, 2.24) is 10.2 Å². The van der Waals surface area contributed by atoms with Gasteiger partial charge in [0.1, 0.15) is 6.17 Å². The minimum atomic E-state index is -0.0432. The molecule has 1 aliphatic carbocycles. The Balaban J connectivity index is 1.90. The summed E-state index contributed by atoms with van der Waals surface area (Å²) >= 11 is 0. The molecule has 2 atom stereocenters. The Kier molecular flexibility index (Phi) is 3.55. The Hall–Kier alpha value is -1.35. The van der Waals surface area contributed by atoms with Crippen LogP contribution in [0, 0.1) is 18.8 Å². The van der Waals surface area contributed by atoms with E-state index in [2.05, 4.69) is 55.3 Å². The number of nitrogens with zero attached hydrogens (tertiary/aromatic N) is 1. The van der Waals surface area contributed by atoms with Gasteiger partial charge in [-0.2, -0.15) is 0 Å². The molecule has 3 rings (SSSR count). The zero-order valence-electron chi connectivity index (χ0n) is 12.6. The van der Waals surface area contributed by atoms with E-state index in [9.17, 15) is 4.79 Å². The summed E-state index contributed by atoms with van der Waals surface area (Å²) in [4.78, 5) is 14.7. The smallest absolute Gasteiger partial charge is 0.241 e. The predicted molar refractivity (Wildman–Crippen MR) is 80.1 cm³/mol. The molecule has 1 amide bonds. The highest BCUT2D eigenvalue weighted by Gasteiger charge is 2.43. The van der Waals surface area contributed by atoms with Crippen molar-refractivity contribution in [2.24, 2.45) is 11.8 Å². The number of carbonyl (C=O) groups is 1. The summed E-state index contributed by atoms with van der Waals surface area (Å²) in [6, 6.07) is 8.34. The summed E-state index contributed by atoms with van der Waals surface area (Å²) in [5, 5.41) is 3.56. The lowest BCUT2D eigenvalue weighted by molar-refractivity contribution is -0.131. The lowest BCUT2D eigenvalue weighted by Crippen LogP contribution is -2.35. The number of rotatable bonds is 4. The highest BCUT2D eigenvalue weighted by Crippen LogP contribution is 2.36. The van der Waals surface area contributed by atoms with Crippen LogP contribution in [0.3, 0.4) is 0 Å². The molecule has 0 aromatic heterocycles. The van der Waals surface area contributed by atoms with Crippen LogP contribution in [-0.4, -0.2) is 23.4 Å². The lowest BCUT2D eigenvalue weighted by Gasteiger charge is -2.25. The van der Waals surface area contributed by atoms with Crippen LogP contribution in [0.4, 0.5) is 0 Å². The number of amides is 1. The maximum atomic E-state index is 12.7. The van der Waals surface area contributed by atoms with Gasteiger partial charge in [-0.3, -0.25) is 10.1 Å². The highest BCUT2D eigenvalue weighted by molar-refractivity contribution is 5.85. The van der Waals surface area contributed by atoms with Gasteiger partial charge >= 0.3 is 0 Å². The largest absolute Gasteiger partial charge is 0.321 e. The predicted octanol–water partition coefficient (Wildman–Crippen LogP) is 2.86. The number of aryl methyl sites for hydroxylation is 1. The number of nitrogens with one attached hydrogen (secondary N) is 1. The molecule has 2 aliphatic rings. The summed E-state index contributed by atoms with van der Waals surface area (Å²) in [6.07, 6.45) is 2.60. The average molecular weight is 272 g/mol. The van der Waals surface area contributed by atoms with E-state index in [1.165, 1.54) is 24.0 Å². The van der Waals surface area contributed by atoms with Gasteiger partial charge < -0.3 is 4.90 Å². The molecule has 108 valence electrons. The van der Waals surface area contributed by atoms with Crippen LogP contribution in [0.5, 0.6) is 0 Å². The Morgan fingerprint density at radius 1 is 1.30 bits per heavy atom. The van der Waals surface area contributed by atoms with E-state index in [0.29, 0.717) is 5.92 Å². The van der Waals surface area contributed by atoms with E-state index in [4.69, 9.17) is 0 Å². The highest BCUT2D eigenvalue weighted by atomic mass is 16.2. The fraction of sp³-hybridized carbons (Fsp3) is 0.588. The standard InChI is InChI=1S/C17H24N2O/c1-11(2)15-17(20)19(10-13-8-9-13)16(18-15)14-7-5-4-6-12(14)3/h4-7,11,13,15-16,18H,8-10H2,1-3H3. The van der Waals surface area contributed by atoms with Crippen molar-refractivity contribution in [3.63, 3.8) is 0 Å². The second-order valence-electron chi connectivity index (χ2n) is 6.58. The van der Waals surface area contributed by atoms with E-state index < -0.39 is 0 Å². The molecule has 1 aromatic carbocycles. The molecule has 1 saturated carbocycles. The van der Waals surface area contributed by atoms with Crippen molar-refractivity contribution in [3.8, 4) is 0 Å². The molecule has 1 aliphatic heterocycles. The molecule has 1 aromatic rings. The third-order valence-electron chi connectivity index (χ3n) is 4.50. The second kappa shape index (κ2) is 5.21. The fourth-order valence-electron chi connectivity index (χ4n) is 3.04. The molecule has 0 spiro atoms. The third-order valence-corrected chi connectivity index (χ3v) is 4.50. The van der Waals surface area contributed by atoms with Crippen molar-refractivity contribution in [2.75, 3.05) is 6.54 Å². The molecule has 3 heteroatoms. The van der Waals surface area contributed by atoms with Gasteiger partial charge in [-0.25, -0.2) is 0 Å². The van der Waals surface area contributed by atoms with Crippen molar-refractivity contribution in [2.45, 2.75) is 45.8 Å². The van der Waals surface area contributed by atoms with Crippen LogP contribution in [0.2, 0.25) is 0 Å². The third kappa shape index (κ3) is 2.47. The first-order chi connectivity index (χ1) is 9.58. The summed E-state index contributed by atoms with van der Waals surface area (Å²) in [5.41, 5.74) is 2.49.